The van der Waals surface area contributed by atoms with Crippen LogP contribution < -0.4 is 5.32 Å². The fourth-order valence-corrected chi connectivity index (χ4v) is 3.70. The molecule has 4 nitrogen and oxygen atoms in total. The molecule has 0 spiro atoms. The summed E-state index contributed by atoms with van der Waals surface area (Å²) in [5, 5.41) is 13.8. The van der Waals surface area contributed by atoms with Crippen molar-refractivity contribution in [3.05, 3.63) is 57.5 Å². The molecule has 102 valence electrons. The van der Waals surface area contributed by atoms with E-state index in [0.717, 1.165) is 15.8 Å². The van der Waals surface area contributed by atoms with E-state index in [0.29, 0.717) is 0 Å². The van der Waals surface area contributed by atoms with Gasteiger partial charge >= 0.3 is 0 Å². The minimum absolute atomic E-state index is 0.262. The van der Waals surface area contributed by atoms with Gasteiger partial charge in [0.15, 0.2) is 0 Å². The lowest BCUT2D eigenvalue weighted by atomic mass is 10.2. The fraction of sp³-hybridized carbons (Fsp3) is 0.143. The number of nitrogens with one attached hydrogen (secondary N) is 1. The quantitative estimate of drug-likeness (QED) is 0.765. The molecule has 0 amide bonds. The number of benzene rings is 1. The topological polar surface area (TPSA) is 42.7 Å². The molecule has 1 atom stereocenters. The molecular formula is C14H13BrN4S. The Morgan fingerprint density at radius 2 is 1.85 bits per heavy atom. The summed E-state index contributed by atoms with van der Waals surface area (Å²) in [6, 6.07) is 10.4. The summed E-state index contributed by atoms with van der Waals surface area (Å²) >= 11 is 5.31. The van der Waals surface area contributed by atoms with Crippen LogP contribution in [-0.4, -0.2) is 15.0 Å². The van der Waals surface area contributed by atoms with E-state index in [-0.39, 0.29) is 6.04 Å². The predicted octanol–water partition coefficient (Wildman–Crippen LogP) is 4.26. The van der Waals surface area contributed by atoms with Gasteiger partial charge in [0.2, 0.25) is 0 Å². The van der Waals surface area contributed by atoms with E-state index in [9.17, 15) is 0 Å². The highest BCUT2D eigenvalue weighted by Crippen LogP contribution is 2.31. The average molecular weight is 349 g/mol. The van der Waals surface area contributed by atoms with Crippen molar-refractivity contribution in [3.63, 3.8) is 0 Å². The van der Waals surface area contributed by atoms with Crippen LogP contribution in [0, 0.1) is 0 Å². The van der Waals surface area contributed by atoms with E-state index in [2.05, 4.69) is 49.8 Å². The van der Waals surface area contributed by atoms with E-state index in [1.165, 1.54) is 4.88 Å². The van der Waals surface area contributed by atoms with E-state index < -0.39 is 0 Å². The first-order chi connectivity index (χ1) is 9.74. The van der Waals surface area contributed by atoms with Crippen LogP contribution >= 0.6 is 27.3 Å². The molecule has 20 heavy (non-hydrogen) atoms. The number of thiophene rings is 1. The van der Waals surface area contributed by atoms with Crippen LogP contribution in [0.3, 0.4) is 0 Å². The Labute approximate surface area is 129 Å². The number of halogens is 1. The average Bonchev–Trinajstić information content (AvgIpc) is 3.10. The first-order valence-electron chi connectivity index (χ1n) is 6.20. The molecule has 0 fully saturated rings. The third-order valence-electron chi connectivity index (χ3n) is 2.94. The lowest BCUT2D eigenvalue weighted by molar-refractivity contribution is 0.752. The lowest BCUT2D eigenvalue weighted by Crippen LogP contribution is -2.05. The van der Waals surface area contributed by atoms with Crippen molar-refractivity contribution < 1.29 is 0 Å². The zero-order chi connectivity index (χ0) is 13.9. The van der Waals surface area contributed by atoms with Crippen LogP contribution in [-0.2, 0) is 0 Å². The Hall–Kier alpha value is -1.66. The number of aromatic nitrogens is 3. The minimum atomic E-state index is 0.262. The van der Waals surface area contributed by atoms with Crippen molar-refractivity contribution in [2.45, 2.75) is 13.0 Å². The third kappa shape index (κ3) is 2.76. The molecule has 2 heterocycles. The molecule has 0 saturated heterocycles. The van der Waals surface area contributed by atoms with Crippen LogP contribution in [0.15, 0.2) is 52.6 Å². The molecule has 0 aliphatic carbocycles. The van der Waals surface area contributed by atoms with Gasteiger partial charge in [-0.25, -0.2) is 0 Å². The molecule has 0 radical (unpaired) electrons. The number of hydrogen-bond acceptors (Lipinski definition) is 4. The maximum atomic E-state index is 4.11. The molecule has 1 aromatic carbocycles. The van der Waals surface area contributed by atoms with E-state index in [1.807, 2.05) is 24.3 Å². The summed E-state index contributed by atoms with van der Waals surface area (Å²) in [5.74, 6) is 0. The van der Waals surface area contributed by atoms with Crippen LogP contribution in [0.5, 0.6) is 0 Å². The van der Waals surface area contributed by atoms with Crippen LogP contribution in [0.4, 0.5) is 5.69 Å². The highest BCUT2D eigenvalue weighted by Gasteiger charge is 2.10. The molecule has 3 aromatic rings. The van der Waals surface area contributed by atoms with Gasteiger partial charge in [0.25, 0.3) is 0 Å². The van der Waals surface area contributed by atoms with Gasteiger partial charge in [-0.05, 0) is 58.6 Å². The highest BCUT2D eigenvalue weighted by atomic mass is 79.9. The summed E-state index contributed by atoms with van der Waals surface area (Å²) in [5.41, 5.74) is 2.03. The second-order valence-electron chi connectivity index (χ2n) is 4.36. The summed E-state index contributed by atoms with van der Waals surface area (Å²) in [4.78, 5) is 2.89. The molecule has 0 bridgehead atoms. The van der Waals surface area contributed by atoms with Crippen LogP contribution in [0.25, 0.3) is 5.69 Å². The molecule has 1 unspecified atom stereocenters. The number of anilines is 1. The molecule has 0 aliphatic rings. The largest absolute Gasteiger partial charge is 0.378 e. The van der Waals surface area contributed by atoms with Crippen molar-refractivity contribution in [2.75, 3.05) is 5.32 Å². The molecular weight excluding hydrogens is 336 g/mol. The van der Waals surface area contributed by atoms with Gasteiger partial charge in [-0.15, -0.1) is 11.3 Å². The second-order valence-corrected chi connectivity index (χ2v) is 6.17. The standard InChI is InChI=1S/C14H13BrN4S/c1-10(14-13(15)6-9-20-14)18-11-2-4-12(5-3-11)19-16-7-8-17-19/h2-10,18H,1H3. The Bertz CT molecular complexity index is 676. The fourth-order valence-electron chi connectivity index (χ4n) is 1.97. The summed E-state index contributed by atoms with van der Waals surface area (Å²) in [6.07, 6.45) is 3.34. The van der Waals surface area contributed by atoms with Gasteiger partial charge in [0.05, 0.1) is 24.1 Å². The SMILES string of the molecule is CC(Nc1ccc(-n2nccn2)cc1)c1sccc1Br. The van der Waals surface area contributed by atoms with E-state index in [1.54, 1.807) is 28.5 Å². The second kappa shape index (κ2) is 5.76. The molecule has 0 saturated carbocycles. The van der Waals surface area contributed by atoms with Gasteiger partial charge < -0.3 is 5.32 Å². The Balaban J connectivity index is 1.74. The van der Waals surface area contributed by atoms with Crippen molar-refractivity contribution in [3.8, 4) is 5.69 Å². The monoisotopic (exact) mass is 348 g/mol. The first kappa shape index (κ1) is 13.3. The van der Waals surface area contributed by atoms with Crippen molar-refractivity contribution in [1.82, 2.24) is 15.0 Å². The summed E-state index contributed by atoms with van der Waals surface area (Å²) in [7, 11) is 0. The van der Waals surface area contributed by atoms with E-state index in [4.69, 9.17) is 0 Å². The van der Waals surface area contributed by atoms with Gasteiger partial charge in [-0.2, -0.15) is 15.0 Å². The molecule has 0 aliphatic heterocycles. The maximum Gasteiger partial charge on any atom is 0.0858 e. The number of nitrogens with zero attached hydrogens (tertiary/aromatic N) is 3. The molecule has 2 aromatic heterocycles. The zero-order valence-electron chi connectivity index (χ0n) is 10.8. The summed E-state index contributed by atoms with van der Waals surface area (Å²) in [6.45, 7) is 2.15. The van der Waals surface area contributed by atoms with Gasteiger partial charge in [-0.1, -0.05) is 0 Å². The highest BCUT2D eigenvalue weighted by molar-refractivity contribution is 9.10. The molecule has 3 rings (SSSR count). The number of rotatable bonds is 4. The maximum absolute atomic E-state index is 4.11. The van der Waals surface area contributed by atoms with Crippen molar-refractivity contribution >= 4 is 33.0 Å². The molecule has 1 N–H and O–H groups in total. The van der Waals surface area contributed by atoms with Crippen LogP contribution in [0.1, 0.15) is 17.8 Å². The lowest BCUT2D eigenvalue weighted by Gasteiger charge is -2.14. The van der Waals surface area contributed by atoms with Crippen molar-refractivity contribution in [2.24, 2.45) is 0 Å². The van der Waals surface area contributed by atoms with Crippen molar-refractivity contribution in [1.29, 1.82) is 0 Å². The summed E-state index contributed by atoms with van der Waals surface area (Å²) < 4.78 is 1.15. The predicted molar refractivity (Wildman–Crippen MR) is 85.4 cm³/mol. The Kier molecular flexibility index (Phi) is 3.84. The van der Waals surface area contributed by atoms with Gasteiger partial charge in [0, 0.05) is 15.0 Å². The van der Waals surface area contributed by atoms with Crippen LogP contribution in [0.2, 0.25) is 0 Å². The zero-order valence-corrected chi connectivity index (χ0v) is 13.2. The Morgan fingerprint density at radius 3 is 2.45 bits per heavy atom. The van der Waals surface area contributed by atoms with Gasteiger partial charge in [0.1, 0.15) is 0 Å². The van der Waals surface area contributed by atoms with E-state index >= 15 is 0 Å². The normalized spacial score (nSPS) is 12.3. The minimum Gasteiger partial charge on any atom is -0.378 e. The first-order valence-corrected chi connectivity index (χ1v) is 7.87. The number of hydrogen-bond donors (Lipinski definition) is 1. The van der Waals surface area contributed by atoms with Gasteiger partial charge in [-0.3, -0.25) is 0 Å². The smallest absolute Gasteiger partial charge is 0.0858 e. The third-order valence-corrected chi connectivity index (χ3v) is 4.99. The molecule has 6 heteroatoms. The Morgan fingerprint density at radius 1 is 1.15 bits per heavy atom.